The number of hydrogen-bond donors (Lipinski definition) is 1. The maximum absolute atomic E-state index is 12.2. The zero-order valence-electron chi connectivity index (χ0n) is 13.6. The van der Waals surface area contributed by atoms with E-state index in [4.69, 9.17) is 22.1 Å². The minimum Gasteiger partial charge on any atom is -0.444 e. The van der Waals surface area contributed by atoms with Crippen LogP contribution < -0.4 is 5.73 Å². The molecule has 0 unspecified atom stereocenters. The molecule has 1 fully saturated rings. The van der Waals surface area contributed by atoms with E-state index in [2.05, 4.69) is 6.07 Å². The lowest BCUT2D eigenvalue weighted by atomic mass is 9.73. The quantitative estimate of drug-likeness (QED) is 0.904. The Morgan fingerprint density at radius 2 is 2.00 bits per heavy atom. The molecule has 0 spiro atoms. The molecule has 4 nitrogen and oxygen atoms in total. The monoisotopic (exact) mass is 324 g/mol. The summed E-state index contributed by atoms with van der Waals surface area (Å²) in [5.74, 6) is 0. The molecule has 0 aliphatic carbocycles. The van der Waals surface area contributed by atoms with Crippen LogP contribution in [0.25, 0.3) is 0 Å². The molecule has 1 saturated heterocycles. The molecule has 1 aromatic rings. The summed E-state index contributed by atoms with van der Waals surface area (Å²) in [5, 5.41) is 0.722. The summed E-state index contributed by atoms with van der Waals surface area (Å²) in [4.78, 5) is 13.9. The van der Waals surface area contributed by atoms with Crippen molar-refractivity contribution in [2.75, 3.05) is 19.6 Å². The van der Waals surface area contributed by atoms with E-state index in [1.807, 2.05) is 39.0 Å². The van der Waals surface area contributed by atoms with E-state index >= 15 is 0 Å². The molecule has 0 radical (unpaired) electrons. The Balaban J connectivity index is 2.07. The van der Waals surface area contributed by atoms with Gasteiger partial charge in [-0.3, -0.25) is 0 Å². The molecular formula is C17H25ClN2O2. The van der Waals surface area contributed by atoms with E-state index in [1.165, 1.54) is 0 Å². The van der Waals surface area contributed by atoms with E-state index in [0.717, 1.165) is 23.4 Å². The Bertz CT molecular complexity index is 532. The largest absolute Gasteiger partial charge is 0.444 e. The van der Waals surface area contributed by atoms with Gasteiger partial charge >= 0.3 is 6.09 Å². The van der Waals surface area contributed by atoms with Crippen molar-refractivity contribution in [3.63, 3.8) is 0 Å². The van der Waals surface area contributed by atoms with Gasteiger partial charge in [-0.1, -0.05) is 23.7 Å². The number of likely N-dealkylation sites (tertiary alicyclic amines) is 1. The Labute approximate surface area is 137 Å². The molecule has 2 N–H and O–H groups in total. The van der Waals surface area contributed by atoms with Crippen molar-refractivity contribution in [2.24, 2.45) is 5.73 Å². The fourth-order valence-electron chi connectivity index (χ4n) is 2.87. The standard InChI is InChI=1S/C17H25ClN2O2/c1-16(2,3)22-15(21)20-9-7-17(12-19,8-10-20)13-5-4-6-14(18)11-13/h4-6,11H,7-10,12,19H2,1-3H3. The van der Waals surface area contributed by atoms with Crippen molar-refractivity contribution in [1.29, 1.82) is 0 Å². The third-order valence-corrected chi connectivity index (χ3v) is 4.44. The SMILES string of the molecule is CC(C)(C)OC(=O)N1CCC(CN)(c2cccc(Cl)c2)CC1. The number of halogens is 1. The second-order valence-corrected chi connectivity index (χ2v) is 7.40. The highest BCUT2D eigenvalue weighted by molar-refractivity contribution is 6.30. The third-order valence-electron chi connectivity index (χ3n) is 4.20. The van der Waals surface area contributed by atoms with Gasteiger partial charge in [0.1, 0.15) is 5.60 Å². The minimum absolute atomic E-state index is 0.108. The van der Waals surface area contributed by atoms with Crippen molar-refractivity contribution >= 4 is 17.7 Å². The van der Waals surface area contributed by atoms with Crippen LogP contribution in [0.4, 0.5) is 4.79 Å². The summed E-state index contributed by atoms with van der Waals surface area (Å²) >= 11 is 6.11. The molecule has 0 aromatic heterocycles. The fourth-order valence-corrected chi connectivity index (χ4v) is 3.06. The van der Waals surface area contributed by atoms with E-state index in [1.54, 1.807) is 4.90 Å². The zero-order chi connectivity index (χ0) is 16.4. The molecule has 1 aromatic carbocycles. The highest BCUT2D eigenvalue weighted by atomic mass is 35.5. The molecule has 1 aliphatic rings. The summed E-state index contributed by atoms with van der Waals surface area (Å²) in [6.07, 6.45) is 1.40. The van der Waals surface area contributed by atoms with E-state index in [-0.39, 0.29) is 11.5 Å². The Morgan fingerprint density at radius 1 is 1.36 bits per heavy atom. The molecule has 5 heteroatoms. The van der Waals surface area contributed by atoms with Gasteiger partial charge in [0.2, 0.25) is 0 Å². The molecule has 1 heterocycles. The highest BCUT2D eigenvalue weighted by Gasteiger charge is 2.37. The topological polar surface area (TPSA) is 55.6 Å². The molecule has 122 valence electrons. The second-order valence-electron chi connectivity index (χ2n) is 6.96. The van der Waals surface area contributed by atoms with Crippen molar-refractivity contribution < 1.29 is 9.53 Å². The van der Waals surface area contributed by atoms with Crippen LogP contribution in [0, 0.1) is 0 Å². The van der Waals surface area contributed by atoms with Gasteiger partial charge in [0.25, 0.3) is 0 Å². The van der Waals surface area contributed by atoms with Crippen LogP contribution >= 0.6 is 11.6 Å². The number of benzene rings is 1. The molecule has 0 atom stereocenters. The first-order valence-corrected chi connectivity index (χ1v) is 8.08. The maximum Gasteiger partial charge on any atom is 0.410 e. The van der Waals surface area contributed by atoms with Crippen LogP contribution in [0.1, 0.15) is 39.2 Å². The molecule has 1 amide bonds. The number of hydrogen-bond acceptors (Lipinski definition) is 3. The molecule has 2 rings (SSSR count). The van der Waals surface area contributed by atoms with Crippen molar-refractivity contribution in [3.8, 4) is 0 Å². The first-order valence-electron chi connectivity index (χ1n) is 7.70. The van der Waals surface area contributed by atoms with Gasteiger partial charge in [-0.2, -0.15) is 0 Å². The first kappa shape index (κ1) is 17.1. The summed E-state index contributed by atoms with van der Waals surface area (Å²) < 4.78 is 5.44. The number of carbonyl (C=O) groups is 1. The van der Waals surface area contributed by atoms with Crippen LogP contribution in [0.5, 0.6) is 0 Å². The predicted octanol–water partition coefficient (Wildman–Crippen LogP) is 3.57. The van der Waals surface area contributed by atoms with Crippen molar-refractivity contribution in [2.45, 2.75) is 44.6 Å². The van der Waals surface area contributed by atoms with Gasteiger partial charge in [0.05, 0.1) is 0 Å². The number of nitrogens with zero attached hydrogens (tertiary/aromatic N) is 1. The summed E-state index contributed by atoms with van der Waals surface area (Å²) in [6, 6.07) is 7.87. The Morgan fingerprint density at radius 3 is 2.50 bits per heavy atom. The lowest BCUT2D eigenvalue weighted by Crippen LogP contribution is -2.49. The summed E-state index contributed by atoms with van der Waals surface area (Å²) in [7, 11) is 0. The fraction of sp³-hybridized carbons (Fsp3) is 0.588. The Hall–Kier alpha value is -1.26. The number of ether oxygens (including phenoxy) is 1. The van der Waals surface area contributed by atoms with Gasteiger partial charge in [0, 0.05) is 30.1 Å². The summed E-state index contributed by atoms with van der Waals surface area (Å²) in [5.41, 5.74) is 6.65. The van der Waals surface area contributed by atoms with Crippen LogP contribution in [-0.2, 0) is 10.2 Å². The molecule has 0 saturated carbocycles. The zero-order valence-corrected chi connectivity index (χ0v) is 14.3. The number of rotatable bonds is 2. The normalized spacial score (nSPS) is 18.1. The number of piperidine rings is 1. The lowest BCUT2D eigenvalue weighted by molar-refractivity contribution is 0.0167. The minimum atomic E-state index is -0.466. The van der Waals surface area contributed by atoms with Crippen LogP contribution in [-0.4, -0.2) is 36.2 Å². The van der Waals surface area contributed by atoms with Crippen molar-refractivity contribution in [3.05, 3.63) is 34.9 Å². The molecule has 1 aliphatic heterocycles. The smallest absolute Gasteiger partial charge is 0.410 e. The number of amides is 1. The number of nitrogens with two attached hydrogens (primary N) is 1. The molecule has 0 bridgehead atoms. The molecular weight excluding hydrogens is 300 g/mol. The third kappa shape index (κ3) is 3.93. The van der Waals surface area contributed by atoms with Crippen LogP contribution in [0.15, 0.2) is 24.3 Å². The van der Waals surface area contributed by atoms with Crippen LogP contribution in [0.3, 0.4) is 0 Å². The van der Waals surface area contributed by atoms with E-state index < -0.39 is 5.60 Å². The average molecular weight is 325 g/mol. The van der Waals surface area contributed by atoms with Crippen LogP contribution in [0.2, 0.25) is 5.02 Å². The average Bonchev–Trinajstić information content (AvgIpc) is 2.45. The first-order chi connectivity index (χ1) is 10.3. The molecule has 22 heavy (non-hydrogen) atoms. The highest BCUT2D eigenvalue weighted by Crippen LogP contribution is 2.36. The second kappa shape index (κ2) is 6.47. The van der Waals surface area contributed by atoms with Gasteiger partial charge in [-0.15, -0.1) is 0 Å². The Kier molecular flexibility index (Phi) is 5.03. The van der Waals surface area contributed by atoms with E-state index in [0.29, 0.717) is 19.6 Å². The van der Waals surface area contributed by atoms with Gasteiger partial charge in [-0.05, 0) is 51.3 Å². The number of carbonyl (C=O) groups excluding carboxylic acids is 1. The lowest BCUT2D eigenvalue weighted by Gasteiger charge is -2.41. The predicted molar refractivity (Wildman–Crippen MR) is 89.2 cm³/mol. The van der Waals surface area contributed by atoms with Crippen molar-refractivity contribution in [1.82, 2.24) is 4.90 Å². The van der Waals surface area contributed by atoms with E-state index in [9.17, 15) is 4.79 Å². The maximum atomic E-state index is 12.2. The van der Waals surface area contributed by atoms with Gasteiger partial charge in [0.15, 0.2) is 0 Å². The van der Waals surface area contributed by atoms with Gasteiger partial charge < -0.3 is 15.4 Å². The van der Waals surface area contributed by atoms with Gasteiger partial charge in [-0.25, -0.2) is 4.79 Å². The summed E-state index contributed by atoms with van der Waals surface area (Å²) in [6.45, 7) is 7.49.